The quantitative estimate of drug-likeness (QED) is 0.502. The number of hydrogen-bond acceptors (Lipinski definition) is 4. The van der Waals surface area contributed by atoms with Crippen LogP contribution >= 0.6 is 0 Å². The Morgan fingerprint density at radius 3 is 2.34 bits per heavy atom. The third-order valence-electron chi connectivity index (χ3n) is 5.76. The van der Waals surface area contributed by atoms with Crippen LogP contribution in [0.2, 0.25) is 0 Å². The lowest BCUT2D eigenvalue weighted by atomic mass is 10.0. The highest BCUT2D eigenvalue weighted by atomic mass is 16.2. The van der Waals surface area contributed by atoms with Gasteiger partial charge in [0.25, 0.3) is 5.56 Å². The largest absolute Gasteiger partial charge is 0.346 e. The number of para-hydroxylation sites is 2. The number of aryl methyl sites for hydroxylation is 1. The Kier molecular flexibility index (Phi) is 5.82. The fourth-order valence-electron chi connectivity index (χ4n) is 4.24. The summed E-state index contributed by atoms with van der Waals surface area (Å²) in [4.78, 5) is 30.4. The standard InChI is InChI=1S/C25H29N5O2/c1-15(2)23(24-26-19-12-8-9-13-21(19)30(24)16(3)4)27-22(31)14-20-17-10-6-7-11-18(17)25(32)29(5)28-20/h6-13,15-16,23H,14H2,1-5H3,(H,27,31)/t23-/m0/s1. The van der Waals surface area contributed by atoms with E-state index in [2.05, 4.69) is 48.7 Å². The predicted octanol–water partition coefficient (Wildman–Crippen LogP) is 3.92. The SMILES string of the molecule is CC(C)[C@H](NC(=O)Cc1nn(C)c(=O)c2ccccc12)c1nc2ccccc2n1C(C)C. The van der Waals surface area contributed by atoms with E-state index < -0.39 is 0 Å². The van der Waals surface area contributed by atoms with E-state index in [1.54, 1.807) is 13.1 Å². The molecule has 0 unspecified atom stereocenters. The Hall–Kier alpha value is -3.48. The van der Waals surface area contributed by atoms with Crippen molar-refractivity contribution in [3.8, 4) is 0 Å². The highest BCUT2D eigenvalue weighted by Crippen LogP contribution is 2.29. The molecule has 7 heteroatoms. The van der Waals surface area contributed by atoms with E-state index in [0.29, 0.717) is 16.5 Å². The van der Waals surface area contributed by atoms with E-state index in [4.69, 9.17) is 4.98 Å². The summed E-state index contributed by atoms with van der Waals surface area (Å²) in [5, 5.41) is 8.83. The van der Waals surface area contributed by atoms with E-state index in [-0.39, 0.29) is 35.9 Å². The highest BCUT2D eigenvalue weighted by molar-refractivity contribution is 5.88. The average Bonchev–Trinajstić information content (AvgIpc) is 3.15. The first-order valence-corrected chi connectivity index (χ1v) is 11.0. The maximum atomic E-state index is 13.2. The summed E-state index contributed by atoms with van der Waals surface area (Å²) in [6.07, 6.45) is 0.0831. The van der Waals surface area contributed by atoms with E-state index in [9.17, 15) is 9.59 Å². The van der Waals surface area contributed by atoms with Crippen LogP contribution in [0.15, 0.2) is 53.3 Å². The second kappa shape index (κ2) is 8.57. The van der Waals surface area contributed by atoms with Crippen LogP contribution in [0.1, 0.15) is 51.3 Å². The summed E-state index contributed by atoms with van der Waals surface area (Å²) in [5.41, 5.74) is 2.39. The van der Waals surface area contributed by atoms with Gasteiger partial charge in [-0.15, -0.1) is 0 Å². The maximum absolute atomic E-state index is 13.2. The van der Waals surface area contributed by atoms with Crippen LogP contribution < -0.4 is 10.9 Å². The number of fused-ring (bicyclic) bond motifs is 2. The minimum Gasteiger partial charge on any atom is -0.346 e. The Balaban J connectivity index is 1.69. The molecule has 0 aliphatic carbocycles. The third kappa shape index (κ3) is 3.90. The number of benzene rings is 2. The van der Waals surface area contributed by atoms with E-state index >= 15 is 0 Å². The number of carbonyl (C=O) groups excluding carboxylic acids is 1. The van der Waals surface area contributed by atoms with Crippen molar-refractivity contribution in [3.05, 3.63) is 70.4 Å². The van der Waals surface area contributed by atoms with Gasteiger partial charge in [-0.1, -0.05) is 44.2 Å². The molecule has 1 N–H and O–H groups in total. The molecule has 0 saturated carbocycles. The zero-order valence-electron chi connectivity index (χ0n) is 19.2. The summed E-state index contributed by atoms with van der Waals surface area (Å²) < 4.78 is 3.49. The van der Waals surface area contributed by atoms with Crippen molar-refractivity contribution in [2.45, 2.75) is 46.2 Å². The fourth-order valence-corrected chi connectivity index (χ4v) is 4.24. The van der Waals surface area contributed by atoms with Gasteiger partial charge in [-0.2, -0.15) is 5.10 Å². The van der Waals surface area contributed by atoms with Gasteiger partial charge in [0, 0.05) is 18.5 Å². The number of carbonyl (C=O) groups is 1. The number of imidazole rings is 1. The molecule has 4 aromatic rings. The van der Waals surface area contributed by atoms with Crippen LogP contribution in [-0.2, 0) is 18.3 Å². The van der Waals surface area contributed by atoms with Gasteiger partial charge in [-0.05, 0) is 38.0 Å². The van der Waals surface area contributed by atoms with Crippen molar-refractivity contribution < 1.29 is 4.79 Å². The van der Waals surface area contributed by atoms with E-state index in [1.165, 1.54) is 4.68 Å². The van der Waals surface area contributed by atoms with Gasteiger partial charge in [0.05, 0.1) is 34.6 Å². The summed E-state index contributed by atoms with van der Waals surface area (Å²) in [6.45, 7) is 8.40. The molecule has 0 spiro atoms. The molecule has 7 nitrogen and oxygen atoms in total. The van der Waals surface area contributed by atoms with Crippen LogP contribution in [0.3, 0.4) is 0 Å². The van der Waals surface area contributed by atoms with E-state index in [1.807, 2.05) is 36.4 Å². The van der Waals surface area contributed by atoms with Crippen molar-refractivity contribution >= 4 is 27.7 Å². The number of hydrogen-bond donors (Lipinski definition) is 1. The van der Waals surface area contributed by atoms with Crippen LogP contribution in [0.25, 0.3) is 21.8 Å². The molecule has 1 amide bonds. The number of aromatic nitrogens is 4. The second-order valence-corrected chi connectivity index (χ2v) is 8.81. The van der Waals surface area contributed by atoms with Crippen LogP contribution in [0, 0.1) is 5.92 Å². The zero-order valence-corrected chi connectivity index (χ0v) is 19.2. The number of nitrogens with one attached hydrogen (secondary N) is 1. The normalized spacial score (nSPS) is 12.7. The maximum Gasteiger partial charge on any atom is 0.274 e. The van der Waals surface area contributed by atoms with E-state index in [0.717, 1.165) is 16.9 Å². The molecule has 2 aromatic carbocycles. The molecule has 0 aliphatic heterocycles. The van der Waals surface area contributed by atoms with Gasteiger partial charge < -0.3 is 9.88 Å². The molecule has 32 heavy (non-hydrogen) atoms. The molecule has 2 heterocycles. The summed E-state index contributed by atoms with van der Waals surface area (Å²) in [7, 11) is 1.61. The number of nitrogens with zero attached hydrogens (tertiary/aromatic N) is 4. The molecule has 0 bridgehead atoms. The number of rotatable bonds is 6. The lowest BCUT2D eigenvalue weighted by Gasteiger charge is -2.25. The first-order chi connectivity index (χ1) is 15.3. The molecule has 0 aliphatic rings. The Bertz CT molecular complexity index is 1350. The fraction of sp³-hybridized carbons (Fsp3) is 0.360. The first kappa shape index (κ1) is 21.7. The highest BCUT2D eigenvalue weighted by Gasteiger charge is 2.26. The van der Waals surface area contributed by atoms with Gasteiger partial charge in [0.15, 0.2) is 0 Å². The lowest BCUT2D eigenvalue weighted by molar-refractivity contribution is -0.121. The van der Waals surface area contributed by atoms with Gasteiger partial charge in [0.1, 0.15) is 5.82 Å². The van der Waals surface area contributed by atoms with Crippen LogP contribution in [-0.4, -0.2) is 25.2 Å². The van der Waals surface area contributed by atoms with Crippen LogP contribution in [0.5, 0.6) is 0 Å². The zero-order chi connectivity index (χ0) is 23.0. The predicted molar refractivity (Wildman–Crippen MR) is 127 cm³/mol. The molecule has 166 valence electrons. The van der Waals surface area contributed by atoms with Gasteiger partial charge in [0.2, 0.25) is 5.91 Å². The summed E-state index contributed by atoms with van der Waals surface area (Å²) in [5.74, 6) is 0.836. The average molecular weight is 432 g/mol. The molecule has 4 rings (SSSR count). The minimum atomic E-state index is -0.254. The molecule has 0 radical (unpaired) electrons. The van der Waals surface area contributed by atoms with Crippen LogP contribution in [0.4, 0.5) is 0 Å². The van der Waals surface area contributed by atoms with Gasteiger partial charge in [-0.3, -0.25) is 9.59 Å². The van der Waals surface area contributed by atoms with Crippen molar-refractivity contribution in [2.75, 3.05) is 0 Å². The topological polar surface area (TPSA) is 81.8 Å². The molecule has 1 atom stereocenters. The smallest absolute Gasteiger partial charge is 0.274 e. The minimum absolute atomic E-state index is 0.0831. The monoisotopic (exact) mass is 431 g/mol. The second-order valence-electron chi connectivity index (χ2n) is 8.81. The van der Waals surface area contributed by atoms with Crippen molar-refractivity contribution in [1.82, 2.24) is 24.6 Å². The van der Waals surface area contributed by atoms with Crippen molar-refractivity contribution in [3.63, 3.8) is 0 Å². The molecule has 0 fully saturated rings. The third-order valence-corrected chi connectivity index (χ3v) is 5.76. The molecule has 2 aromatic heterocycles. The number of amides is 1. The Labute approximate surface area is 187 Å². The molecular formula is C25H29N5O2. The first-order valence-electron chi connectivity index (χ1n) is 11.0. The summed E-state index contributed by atoms with van der Waals surface area (Å²) in [6, 6.07) is 15.3. The van der Waals surface area contributed by atoms with Crippen molar-refractivity contribution in [1.29, 1.82) is 0 Å². The van der Waals surface area contributed by atoms with Crippen molar-refractivity contribution in [2.24, 2.45) is 13.0 Å². The van der Waals surface area contributed by atoms with Gasteiger partial charge >= 0.3 is 0 Å². The Morgan fingerprint density at radius 1 is 1.00 bits per heavy atom. The summed E-state index contributed by atoms with van der Waals surface area (Å²) >= 11 is 0. The molecule has 0 saturated heterocycles. The lowest BCUT2D eigenvalue weighted by Crippen LogP contribution is -2.35. The van der Waals surface area contributed by atoms with Gasteiger partial charge in [-0.25, -0.2) is 9.67 Å². The Morgan fingerprint density at radius 2 is 1.66 bits per heavy atom. The molecular weight excluding hydrogens is 402 g/mol.